The molecule has 6 rings (SSSR count). The topological polar surface area (TPSA) is 81.1 Å². The summed E-state index contributed by atoms with van der Waals surface area (Å²) in [4.78, 5) is 17.0. The number of aromatic nitrogens is 2. The minimum Gasteiger partial charge on any atom is -0.495 e. The molecule has 3 aromatic rings. The fraction of sp³-hybridized carbons (Fsp3) is 0.385. The van der Waals surface area contributed by atoms with Gasteiger partial charge in [0.2, 0.25) is 6.79 Å². The minimum atomic E-state index is -4.54. The van der Waals surface area contributed by atoms with Gasteiger partial charge in [-0.05, 0) is 29.8 Å². The molecule has 0 aliphatic carbocycles. The van der Waals surface area contributed by atoms with Gasteiger partial charge in [0.1, 0.15) is 11.6 Å². The average molecular weight is 530 g/mol. The molecule has 2 aromatic carbocycles. The van der Waals surface area contributed by atoms with E-state index in [0.29, 0.717) is 43.2 Å². The van der Waals surface area contributed by atoms with Crippen LogP contribution in [0.1, 0.15) is 34.6 Å². The fourth-order valence-corrected chi connectivity index (χ4v) is 5.23. The van der Waals surface area contributed by atoms with Crippen molar-refractivity contribution in [3.05, 3.63) is 59.8 Å². The van der Waals surface area contributed by atoms with Crippen molar-refractivity contribution in [1.82, 2.24) is 14.7 Å². The summed E-state index contributed by atoms with van der Waals surface area (Å²) in [5.74, 6) is 1.55. The van der Waals surface area contributed by atoms with E-state index in [4.69, 9.17) is 14.2 Å². The van der Waals surface area contributed by atoms with Crippen LogP contribution in [0.2, 0.25) is 0 Å². The number of carbonyl (C=O) groups is 1. The molecule has 1 amide bonds. The van der Waals surface area contributed by atoms with Gasteiger partial charge in [-0.3, -0.25) is 4.79 Å². The van der Waals surface area contributed by atoms with Gasteiger partial charge in [0.15, 0.2) is 23.2 Å². The molecule has 200 valence electrons. The molecule has 4 heterocycles. The van der Waals surface area contributed by atoms with Gasteiger partial charge in [-0.25, -0.2) is 4.68 Å². The third kappa shape index (κ3) is 4.33. The largest absolute Gasteiger partial charge is 0.495 e. The Hall–Kier alpha value is -4.09. The molecule has 3 aliphatic rings. The first-order valence-corrected chi connectivity index (χ1v) is 12.3. The van der Waals surface area contributed by atoms with Crippen LogP contribution < -0.4 is 24.4 Å². The van der Waals surface area contributed by atoms with Gasteiger partial charge in [-0.2, -0.15) is 18.3 Å². The van der Waals surface area contributed by atoms with Crippen molar-refractivity contribution in [3.8, 4) is 17.2 Å². The quantitative estimate of drug-likeness (QED) is 0.542. The Morgan fingerprint density at radius 1 is 1.05 bits per heavy atom. The summed E-state index contributed by atoms with van der Waals surface area (Å²) in [6.45, 7) is 2.03. The molecule has 0 bridgehead atoms. The Bertz CT molecular complexity index is 1350. The molecule has 1 fully saturated rings. The van der Waals surface area contributed by atoms with Crippen molar-refractivity contribution in [2.24, 2.45) is 0 Å². The SMILES string of the molecule is COc1ccccc1N1CCN(C(=O)c2cc3n(n2)[C@@H](C(F)(F)F)C[C@@H](c2ccc4c(c2)OCO4)N3)CC1. The zero-order valence-electron chi connectivity index (χ0n) is 20.6. The van der Waals surface area contributed by atoms with Gasteiger partial charge in [0, 0.05) is 38.7 Å². The van der Waals surface area contributed by atoms with Crippen molar-refractivity contribution in [2.75, 3.05) is 50.3 Å². The number of benzene rings is 2. The van der Waals surface area contributed by atoms with Crippen LogP contribution in [0.3, 0.4) is 0 Å². The second kappa shape index (κ2) is 9.34. The number of para-hydroxylation sites is 2. The van der Waals surface area contributed by atoms with E-state index in [2.05, 4.69) is 15.3 Å². The average Bonchev–Trinajstić information content (AvgIpc) is 3.58. The summed E-state index contributed by atoms with van der Waals surface area (Å²) in [5.41, 5.74) is 1.56. The molecule has 3 aliphatic heterocycles. The minimum absolute atomic E-state index is 0.0150. The summed E-state index contributed by atoms with van der Waals surface area (Å²) >= 11 is 0. The van der Waals surface area contributed by atoms with Crippen LogP contribution in [0.4, 0.5) is 24.7 Å². The fourth-order valence-electron chi connectivity index (χ4n) is 5.23. The molecule has 0 unspecified atom stereocenters. The van der Waals surface area contributed by atoms with E-state index < -0.39 is 24.2 Å². The number of anilines is 2. The van der Waals surface area contributed by atoms with Crippen molar-refractivity contribution in [3.63, 3.8) is 0 Å². The number of hydrogen-bond donors (Lipinski definition) is 1. The molecule has 1 N–H and O–H groups in total. The van der Waals surface area contributed by atoms with Gasteiger partial charge >= 0.3 is 6.18 Å². The van der Waals surface area contributed by atoms with Crippen LogP contribution >= 0.6 is 0 Å². The molecule has 0 spiro atoms. The Morgan fingerprint density at radius 3 is 2.58 bits per heavy atom. The third-order valence-electron chi connectivity index (χ3n) is 7.20. The summed E-state index contributed by atoms with van der Waals surface area (Å²) in [7, 11) is 1.61. The second-order valence-electron chi connectivity index (χ2n) is 9.41. The van der Waals surface area contributed by atoms with E-state index in [9.17, 15) is 18.0 Å². The van der Waals surface area contributed by atoms with Gasteiger partial charge in [0.05, 0.1) is 18.8 Å². The molecule has 38 heavy (non-hydrogen) atoms. The molecular weight excluding hydrogens is 503 g/mol. The molecule has 1 aromatic heterocycles. The number of carbonyl (C=O) groups excluding carboxylic acids is 1. The van der Waals surface area contributed by atoms with E-state index in [1.807, 2.05) is 24.3 Å². The zero-order valence-corrected chi connectivity index (χ0v) is 20.6. The van der Waals surface area contributed by atoms with Gasteiger partial charge in [-0.15, -0.1) is 0 Å². The zero-order chi connectivity index (χ0) is 26.4. The smallest absolute Gasteiger partial charge is 0.410 e. The highest BCUT2D eigenvalue weighted by Crippen LogP contribution is 2.45. The predicted octanol–water partition coefficient (Wildman–Crippen LogP) is 4.24. The van der Waals surface area contributed by atoms with Crippen molar-refractivity contribution < 1.29 is 32.2 Å². The number of nitrogens with one attached hydrogen (secondary N) is 1. The standard InChI is InChI=1S/C26H26F3N5O4/c1-36-20-5-3-2-4-19(20)32-8-10-33(11-9-32)25(35)18-14-24-30-17(13-23(26(27,28)29)34(24)31-18)16-6-7-21-22(12-16)38-15-37-21/h2-7,12,14,17,23,30H,8-11,13,15H2,1H3/t17-,23+/m0/s1. The highest BCUT2D eigenvalue weighted by molar-refractivity contribution is 5.93. The maximum Gasteiger partial charge on any atom is 0.410 e. The third-order valence-corrected chi connectivity index (χ3v) is 7.20. The molecule has 2 atom stereocenters. The van der Waals surface area contributed by atoms with E-state index in [1.165, 1.54) is 6.07 Å². The Kier molecular flexibility index (Phi) is 5.96. The van der Waals surface area contributed by atoms with E-state index in [0.717, 1.165) is 16.1 Å². The van der Waals surface area contributed by atoms with E-state index in [-0.39, 0.29) is 24.7 Å². The monoisotopic (exact) mass is 529 g/mol. The first-order chi connectivity index (χ1) is 18.3. The van der Waals surface area contributed by atoms with Crippen LogP contribution in [0.25, 0.3) is 0 Å². The van der Waals surface area contributed by atoms with Gasteiger partial charge < -0.3 is 29.3 Å². The lowest BCUT2D eigenvalue weighted by Gasteiger charge is -2.36. The van der Waals surface area contributed by atoms with Crippen molar-refractivity contribution in [1.29, 1.82) is 0 Å². The Balaban J connectivity index is 1.21. The molecule has 9 nitrogen and oxygen atoms in total. The van der Waals surface area contributed by atoms with Crippen LogP contribution in [0.5, 0.6) is 17.2 Å². The van der Waals surface area contributed by atoms with E-state index in [1.54, 1.807) is 30.2 Å². The summed E-state index contributed by atoms with van der Waals surface area (Å²) in [6.07, 6.45) is -4.82. The summed E-state index contributed by atoms with van der Waals surface area (Å²) < 4.78 is 59.4. The van der Waals surface area contributed by atoms with Crippen molar-refractivity contribution in [2.45, 2.75) is 24.7 Å². The number of nitrogens with zero attached hydrogens (tertiary/aromatic N) is 4. The number of alkyl halides is 3. The number of ether oxygens (including phenoxy) is 3. The number of methoxy groups -OCH3 is 1. The molecule has 0 saturated carbocycles. The molecule has 12 heteroatoms. The van der Waals surface area contributed by atoms with Crippen LogP contribution in [0, 0.1) is 0 Å². The molecule has 0 radical (unpaired) electrons. The highest BCUT2D eigenvalue weighted by Gasteiger charge is 2.47. The normalized spacial score (nSPS) is 20.6. The predicted molar refractivity (Wildman–Crippen MR) is 132 cm³/mol. The molecular formula is C26H26F3N5O4. The number of piperazine rings is 1. The second-order valence-corrected chi connectivity index (χ2v) is 9.41. The lowest BCUT2D eigenvalue weighted by Crippen LogP contribution is -2.49. The summed E-state index contributed by atoms with van der Waals surface area (Å²) in [5, 5.41) is 7.27. The number of rotatable bonds is 4. The van der Waals surface area contributed by atoms with Gasteiger partial charge in [0.25, 0.3) is 5.91 Å². The summed E-state index contributed by atoms with van der Waals surface area (Å²) in [6, 6.07) is 11.6. The Morgan fingerprint density at radius 2 is 1.82 bits per heavy atom. The van der Waals surface area contributed by atoms with Crippen LogP contribution in [-0.4, -0.2) is 66.8 Å². The van der Waals surface area contributed by atoms with E-state index >= 15 is 0 Å². The number of amides is 1. The Labute approximate surface area is 216 Å². The van der Waals surface area contributed by atoms with Crippen molar-refractivity contribution >= 4 is 17.4 Å². The maximum atomic E-state index is 14.1. The number of hydrogen-bond acceptors (Lipinski definition) is 7. The van der Waals surface area contributed by atoms with Crippen LogP contribution in [-0.2, 0) is 0 Å². The first-order valence-electron chi connectivity index (χ1n) is 12.3. The highest BCUT2D eigenvalue weighted by atomic mass is 19.4. The molecule has 1 saturated heterocycles. The first kappa shape index (κ1) is 24.3. The lowest BCUT2D eigenvalue weighted by atomic mass is 9.96. The van der Waals surface area contributed by atoms with Crippen LogP contribution in [0.15, 0.2) is 48.5 Å². The number of fused-ring (bicyclic) bond motifs is 2. The number of halogens is 3. The maximum absolute atomic E-state index is 14.1. The van der Waals surface area contributed by atoms with Gasteiger partial charge in [-0.1, -0.05) is 18.2 Å². The lowest BCUT2D eigenvalue weighted by molar-refractivity contribution is -0.173.